The van der Waals surface area contributed by atoms with Crippen molar-refractivity contribution in [3.05, 3.63) is 77.6 Å². The fraction of sp³-hybridized carbons (Fsp3) is 0.111. The first-order valence-electron chi connectivity index (χ1n) is 7.33. The molecule has 0 saturated heterocycles. The minimum atomic E-state index is -3.79. The second kappa shape index (κ2) is 6.76. The summed E-state index contributed by atoms with van der Waals surface area (Å²) in [6, 6.07) is 13.8. The van der Waals surface area contributed by atoms with Gasteiger partial charge in [-0.3, -0.25) is 14.5 Å². The Labute approximate surface area is 146 Å². The van der Waals surface area contributed by atoms with E-state index in [2.05, 4.69) is 0 Å². The summed E-state index contributed by atoms with van der Waals surface area (Å²) < 4.78 is 41.9. The Kier molecular flexibility index (Phi) is 4.67. The van der Waals surface area contributed by atoms with E-state index in [0.29, 0.717) is 6.08 Å². The van der Waals surface area contributed by atoms with Gasteiger partial charge in [0, 0.05) is 4.90 Å². The minimum Gasteiger partial charge on any atom is -0.270 e. The van der Waals surface area contributed by atoms with E-state index in [1.165, 1.54) is 24.3 Å². The topological polar surface area (TPSA) is 37.4 Å². The van der Waals surface area contributed by atoms with Gasteiger partial charge in [0.2, 0.25) is 0 Å². The number of nitrogens with zero attached hydrogens (tertiary/aromatic N) is 1. The molecule has 1 heterocycles. The van der Waals surface area contributed by atoms with Gasteiger partial charge in [0.05, 0.1) is 17.7 Å². The van der Waals surface area contributed by atoms with Crippen LogP contribution in [-0.4, -0.2) is 28.5 Å². The molecule has 0 fully saturated rings. The molecule has 0 radical (unpaired) electrons. The lowest BCUT2D eigenvalue weighted by Crippen LogP contribution is -2.30. The Balaban J connectivity index is 1.73. The molecule has 2 amide bonds. The van der Waals surface area contributed by atoms with Crippen LogP contribution in [-0.2, 0) is 0 Å². The summed E-state index contributed by atoms with van der Waals surface area (Å²) in [7, 11) is 0. The third kappa shape index (κ3) is 3.46. The number of halogens is 3. The molecule has 0 N–H and O–H groups in total. The Morgan fingerprint density at radius 3 is 2.04 bits per heavy atom. The summed E-state index contributed by atoms with van der Waals surface area (Å²) in [5.74, 6) is -2.94. The van der Waals surface area contributed by atoms with Gasteiger partial charge in [-0.05, 0) is 42.1 Å². The molecule has 2 aromatic rings. The number of alkyl halides is 2. The summed E-state index contributed by atoms with van der Waals surface area (Å²) in [5, 5.41) is -3.79. The van der Waals surface area contributed by atoms with E-state index in [4.69, 9.17) is 0 Å². The molecule has 0 atom stereocenters. The van der Waals surface area contributed by atoms with Crippen LogP contribution in [0.15, 0.2) is 71.4 Å². The van der Waals surface area contributed by atoms with Crippen LogP contribution in [0.1, 0.15) is 20.7 Å². The van der Waals surface area contributed by atoms with Crippen LogP contribution in [0.4, 0.5) is 13.2 Å². The van der Waals surface area contributed by atoms with Crippen molar-refractivity contribution in [2.45, 2.75) is 10.2 Å². The van der Waals surface area contributed by atoms with Gasteiger partial charge < -0.3 is 0 Å². The largest absolute Gasteiger partial charge is 0.348 e. The smallest absolute Gasteiger partial charge is 0.270 e. The first-order valence-corrected chi connectivity index (χ1v) is 8.15. The molecule has 3 nitrogen and oxygen atoms in total. The van der Waals surface area contributed by atoms with E-state index in [1.54, 1.807) is 30.3 Å². The summed E-state index contributed by atoms with van der Waals surface area (Å²) in [6.45, 7) is -0.552. The van der Waals surface area contributed by atoms with Crippen molar-refractivity contribution >= 4 is 23.6 Å². The van der Waals surface area contributed by atoms with Gasteiger partial charge in [-0.2, -0.15) is 8.78 Å². The molecular formula is C18H12F3NO2S. The molecule has 0 unspecified atom stereocenters. The fourth-order valence-corrected chi connectivity index (χ4v) is 3.15. The maximum atomic E-state index is 14.0. The maximum Gasteiger partial charge on any atom is 0.348 e. The second-order valence-electron chi connectivity index (χ2n) is 5.25. The number of hydrogen-bond donors (Lipinski definition) is 0. The molecule has 0 aromatic heterocycles. The van der Waals surface area contributed by atoms with Gasteiger partial charge in [0.1, 0.15) is 0 Å². The Hall–Kier alpha value is -2.54. The molecule has 25 heavy (non-hydrogen) atoms. The zero-order chi connectivity index (χ0) is 18.0. The van der Waals surface area contributed by atoms with Gasteiger partial charge in [0.15, 0.2) is 5.83 Å². The average molecular weight is 363 g/mol. The number of benzene rings is 2. The van der Waals surface area contributed by atoms with E-state index in [9.17, 15) is 22.8 Å². The lowest BCUT2D eigenvalue weighted by Gasteiger charge is -2.15. The van der Waals surface area contributed by atoms with Crippen molar-refractivity contribution < 1.29 is 22.8 Å². The van der Waals surface area contributed by atoms with Crippen molar-refractivity contribution in [3.8, 4) is 0 Å². The van der Waals surface area contributed by atoms with E-state index in [1.807, 2.05) is 0 Å². The molecule has 1 aliphatic rings. The van der Waals surface area contributed by atoms with E-state index in [0.717, 1.165) is 4.90 Å². The third-order valence-electron chi connectivity index (χ3n) is 3.60. The summed E-state index contributed by atoms with van der Waals surface area (Å²) in [4.78, 5) is 25.2. The van der Waals surface area contributed by atoms with E-state index >= 15 is 0 Å². The standard InChI is InChI=1S/C18H12F3NO2S/c19-15(18(20,21)25-12-6-2-1-3-7-12)10-11-22-16(23)13-8-4-5-9-14(13)17(22)24/h1-10H,11H2. The number of thioether (sulfide) groups is 1. The normalized spacial score (nSPS) is 14.8. The van der Waals surface area contributed by atoms with Crippen molar-refractivity contribution in [1.82, 2.24) is 4.90 Å². The van der Waals surface area contributed by atoms with Crippen LogP contribution >= 0.6 is 11.8 Å². The lowest BCUT2D eigenvalue weighted by atomic mass is 10.1. The number of hydrogen-bond acceptors (Lipinski definition) is 3. The van der Waals surface area contributed by atoms with Crippen LogP contribution in [0, 0.1) is 0 Å². The zero-order valence-corrected chi connectivity index (χ0v) is 13.6. The van der Waals surface area contributed by atoms with Gasteiger partial charge >= 0.3 is 5.25 Å². The van der Waals surface area contributed by atoms with Crippen LogP contribution in [0.2, 0.25) is 0 Å². The average Bonchev–Trinajstić information content (AvgIpc) is 2.84. The highest BCUT2D eigenvalue weighted by molar-refractivity contribution is 8.00. The summed E-state index contributed by atoms with van der Waals surface area (Å²) in [5.41, 5.74) is 0.374. The lowest BCUT2D eigenvalue weighted by molar-refractivity contribution is 0.0667. The second-order valence-corrected chi connectivity index (χ2v) is 6.44. The SMILES string of the molecule is O=C1c2ccccc2C(=O)N1CC=C(F)C(F)(F)Sc1ccccc1. The highest BCUT2D eigenvalue weighted by Crippen LogP contribution is 2.41. The number of fused-ring (bicyclic) bond motifs is 1. The summed E-state index contributed by atoms with van der Waals surface area (Å²) >= 11 is 0.0604. The van der Waals surface area contributed by atoms with E-state index < -0.39 is 29.4 Å². The Morgan fingerprint density at radius 2 is 1.48 bits per heavy atom. The fourth-order valence-electron chi connectivity index (χ4n) is 2.38. The minimum absolute atomic E-state index is 0.0604. The van der Waals surface area contributed by atoms with E-state index in [-0.39, 0.29) is 27.8 Å². The third-order valence-corrected chi connectivity index (χ3v) is 4.56. The molecule has 0 aliphatic carbocycles. The molecular weight excluding hydrogens is 351 g/mol. The highest BCUT2D eigenvalue weighted by Gasteiger charge is 2.38. The predicted octanol–water partition coefficient (Wildman–Crippen LogP) is 4.52. The molecule has 1 aliphatic heterocycles. The molecule has 0 saturated carbocycles. The van der Waals surface area contributed by atoms with Crippen molar-refractivity contribution in [3.63, 3.8) is 0 Å². The quantitative estimate of drug-likeness (QED) is 0.579. The molecule has 128 valence electrons. The molecule has 0 spiro atoms. The number of amides is 2. The first kappa shape index (κ1) is 17.3. The predicted molar refractivity (Wildman–Crippen MR) is 88.2 cm³/mol. The monoisotopic (exact) mass is 363 g/mol. The van der Waals surface area contributed by atoms with Crippen LogP contribution in [0.3, 0.4) is 0 Å². The zero-order valence-electron chi connectivity index (χ0n) is 12.8. The highest BCUT2D eigenvalue weighted by atomic mass is 32.2. The van der Waals surface area contributed by atoms with Crippen molar-refractivity contribution in [1.29, 1.82) is 0 Å². The molecule has 3 rings (SSSR count). The Bertz CT molecular complexity index is 817. The Morgan fingerprint density at radius 1 is 0.960 bits per heavy atom. The van der Waals surface area contributed by atoms with Crippen LogP contribution in [0.25, 0.3) is 0 Å². The van der Waals surface area contributed by atoms with Gasteiger partial charge in [0.25, 0.3) is 11.8 Å². The van der Waals surface area contributed by atoms with Gasteiger partial charge in [-0.1, -0.05) is 30.3 Å². The van der Waals surface area contributed by atoms with Crippen molar-refractivity contribution in [2.24, 2.45) is 0 Å². The molecule has 0 bridgehead atoms. The molecule has 2 aromatic carbocycles. The van der Waals surface area contributed by atoms with Crippen LogP contribution in [0.5, 0.6) is 0 Å². The number of carbonyl (C=O) groups is 2. The van der Waals surface area contributed by atoms with Crippen LogP contribution < -0.4 is 0 Å². The summed E-state index contributed by atoms with van der Waals surface area (Å²) in [6.07, 6.45) is 0.567. The first-order chi connectivity index (χ1) is 11.9. The number of carbonyl (C=O) groups excluding carboxylic acids is 2. The van der Waals surface area contributed by atoms with Gasteiger partial charge in [-0.25, -0.2) is 4.39 Å². The number of rotatable bonds is 5. The van der Waals surface area contributed by atoms with Crippen molar-refractivity contribution in [2.75, 3.05) is 6.54 Å². The van der Waals surface area contributed by atoms with Gasteiger partial charge in [-0.15, -0.1) is 0 Å². The number of imide groups is 1. The maximum absolute atomic E-state index is 14.0. The molecule has 7 heteroatoms.